The molecule has 0 spiro atoms. The second-order valence-corrected chi connectivity index (χ2v) is 7.73. The van der Waals surface area contributed by atoms with Gasteiger partial charge in [0, 0.05) is 50.9 Å². The zero-order valence-corrected chi connectivity index (χ0v) is 17.4. The first-order chi connectivity index (χ1) is 15.4. The Morgan fingerprint density at radius 1 is 1.09 bits per heavy atom. The van der Waals surface area contributed by atoms with Crippen molar-refractivity contribution in [1.29, 1.82) is 0 Å². The predicted octanol–water partition coefficient (Wildman–Crippen LogP) is 3.16. The van der Waals surface area contributed by atoms with Crippen molar-refractivity contribution in [2.45, 2.75) is 25.8 Å². The maximum absolute atomic E-state index is 13.2. The molecule has 4 rings (SSSR count). The van der Waals surface area contributed by atoms with Gasteiger partial charge < -0.3 is 14.2 Å². The quantitative estimate of drug-likeness (QED) is 0.429. The van der Waals surface area contributed by atoms with Gasteiger partial charge in [0.1, 0.15) is 5.82 Å². The Labute approximate surface area is 182 Å². The van der Waals surface area contributed by atoms with Crippen molar-refractivity contribution in [3.8, 4) is 0 Å². The predicted molar refractivity (Wildman–Crippen MR) is 116 cm³/mol. The number of carbonyl (C=O) groups is 1. The Morgan fingerprint density at radius 3 is 2.62 bits per heavy atom. The minimum Gasteiger partial charge on any atom is -0.407 e. The second kappa shape index (κ2) is 9.21. The lowest BCUT2D eigenvalue weighted by atomic mass is 10.2. The molecule has 0 atom stereocenters. The van der Waals surface area contributed by atoms with Crippen molar-refractivity contribution in [2.24, 2.45) is 0 Å². The second-order valence-electron chi connectivity index (χ2n) is 7.73. The number of hydrogen-bond acceptors (Lipinski definition) is 6. The van der Waals surface area contributed by atoms with Crippen LogP contribution in [-0.4, -0.2) is 46.5 Å². The van der Waals surface area contributed by atoms with Crippen LogP contribution in [0.1, 0.15) is 19.3 Å². The first-order valence-electron chi connectivity index (χ1n) is 10.5. The monoisotopic (exact) mass is 442 g/mol. The van der Waals surface area contributed by atoms with Gasteiger partial charge in [-0.25, -0.2) is 9.18 Å². The molecule has 168 valence electrons. The molecule has 32 heavy (non-hydrogen) atoms. The highest BCUT2D eigenvalue weighted by Crippen LogP contribution is 2.21. The minimum atomic E-state index is -0.599. The van der Waals surface area contributed by atoms with E-state index < -0.39 is 10.7 Å². The summed E-state index contributed by atoms with van der Waals surface area (Å²) in [5.41, 5.74) is 1.42. The first kappa shape index (κ1) is 21.5. The topological polar surface area (TPSA) is 102 Å². The third-order valence-electron chi connectivity index (χ3n) is 5.68. The van der Waals surface area contributed by atoms with Crippen LogP contribution in [0, 0.1) is 15.9 Å². The number of anilines is 1. The van der Waals surface area contributed by atoms with Gasteiger partial charge in [-0.05, 0) is 43.2 Å². The molecule has 3 aromatic rings. The summed E-state index contributed by atoms with van der Waals surface area (Å²) in [6, 6.07) is 10.4. The van der Waals surface area contributed by atoms with E-state index >= 15 is 0 Å². The molecule has 2 heterocycles. The molecular formula is C22H23FN4O5. The first-order valence-corrected chi connectivity index (χ1v) is 10.5. The highest BCUT2D eigenvalue weighted by Gasteiger charge is 2.20. The average Bonchev–Trinajstić information content (AvgIpc) is 2.93. The molecule has 0 unspecified atom stereocenters. The van der Waals surface area contributed by atoms with Gasteiger partial charge in [0.2, 0.25) is 5.91 Å². The molecule has 2 aromatic carbocycles. The van der Waals surface area contributed by atoms with Gasteiger partial charge in [-0.15, -0.1) is 0 Å². The molecule has 1 aromatic heterocycles. The summed E-state index contributed by atoms with van der Waals surface area (Å²) in [6.45, 7) is 2.97. The molecular weight excluding hydrogens is 419 g/mol. The fraction of sp³-hybridized carbons (Fsp3) is 0.364. The minimum absolute atomic E-state index is 0.0162. The molecule has 0 aliphatic carbocycles. The normalized spacial score (nSPS) is 14.5. The number of carbonyl (C=O) groups excluding carboxylic acids is 1. The van der Waals surface area contributed by atoms with Gasteiger partial charge >= 0.3 is 5.76 Å². The number of amides is 1. The third kappa shape index (κ3) is 4.63. The lowest BCUT2D eigenvalue weighted by molar-refractivity contribution is -0.384. The van der Waals surface area contributed by atoms with Crippen LogP contribution in [0.4, 0.5) is 15.8 Å². The maximum Gasteiger partial charge on any atom is 0.419 e. The van der Waals surface area contributed by atoms with Crippen molar-refractivity contribution in [3.63, 3.8) is 0 Å². The molecule has 0 N–H and O–H groups in total. The summed E-state index contributed by atoms with van der Waals surface area (Å²) >= 11 is 0. The Hall–Kier alpha value is -3.69. The molecule has 1 fully saturated rings. The number of nitro groups is 1. The molecule has 1 aliphatic heterocycles. The van der Waals surface area contributed by atoms with Crippen LogP contribution >= 0.6 is 0 Å². The number of rotatable bonds is 6. The van der Waals surface area contributed by atoms with E-state index in [0.29, 0.717) is 31.6 Å². The van der Waals surface area contributed by atoms with E-state index in [-0.39, 0.29) is 36.0 Å². The Morgan fingerprint density at radius 2 is 1.88 bits per heavy atom. The summed E-state index contributed by atoms with van der Waals surface area (Å²) in [5, 5.41) is 10.9. The van der Waals surface area contributed by atoms with Crippen LogP contribution in [0.15, 0.2) is 51.7 Å². The van der Waals surface area contributed by atoms with Crippen LogP contribution in [0.25, 0.3) is 11.1 Å². The molecule has 0 radical (unpaired) electrons. The number of non-ortho nitro benzene ring substituents is 1. The third-order valence-corrected chi connectivity index (χ3v) is 5.68. The van der Waals surface area contributed by atoms with Crippen LogP contribution < -0.4 is 10.7 Å². The van der Waals surface area contributed by atoms with E-state index in [2.05, 4.69) is 4.90 Å². The molecule has 9 nitrogen and oxygen atoms in total. The zero-order chi connectivity index (χ0) is 22.7. The Kier molecular flexibility index (Phi) is 6.20. The zero-order valence-electron chi connectivity index (χ0n) is 17.4. The number of oxazole rings is 1. The van der Waals surface area contributed by atoms with Crippen molar-refractivity contribution >= 4 is 28.4 Å². The average molecular weight is 442 g/mol. The SMILES string of the molecule is O=C(CCCn1c(=O)oc2cc([N+](=O)[O-])ccc21)N1CCCN(c2ccc(F)cc2)CC1. The fourth-order valence-electron chi connectivity index (χ4n) is 4.00. The van der Waals surface area contributed by atoms with Gasteiger partial charge in [-0.2, -0.15) is 0 Å². The van der Waals surface area contributed by atoms with Gasteiger partial charge in [-0.1, -0.05) is 0 Å². The number of nitro benzene ring substituents is 1. The van der Waals surface area contributed by atoms with Gasteiger partial charge in [0.05, 0.1) is 16.5 Å². The summed E-state index contributed by atoms with van der Waals surface area (Å²) in [4.78, 5) is 39.2. The highest BCUT2D eigenvalue weighted by molar-refractivity contribution is 5.77. The lowest BCUT2D eigenvalue weighted by Gasteiger charge is -2.23. The fourth-order valence-corrected chi connectivity index (χ4v) is 4.00. The number of aromatic nitrogens is 1. The summed E-state index contributed by atoms with van der Waals surface area (Å²) in [5.74, 6) is -0.858. The van der Waals surface area contributed by atoms with E-state index in [1.54, 1.807) is 12.1 Å². The van der Waals surface area contributed by atoms with Crippen LogP contribution in [0.5, 0.6) is 0 Å². The molecule has 1 saturated heterocycles. The van der Waals surface area contributed by atoms with E-state index in [1.807, 2.05) is 4.90 Å². The lowest BCUT2D eigenvalue weighted by Crippen LogP contribution is -2.35. The van der Waals surface area contributed by atoms with E-state index in [1.165, 1.54) is 34.9 Å². The van der Waals surface area contributed by atoms with Gasteiger partial charge in [0.15, 0.2) is 5.58 Å². The summed E-state index contributed by atoms with van der Waals surface area (Å²) < 4.78 is 19.7. The van der Waals surface area contributed by atoms with Crippen LogP contribution in [-0.2, 0) is 11.3 Å². The maximum atomic E-state index is 13.2. The molecule has 1 amide bonds. The van der Waals surface area contributed by atoms with Crippen LogP contribution in [0.2, 0.25) is 0 Å². The van der Waals surface area contributed by atoms with Crippen molar-refractivity contribution in [3.05, 3.63) is 68.9 Å². The molecule has 1 aliphatic rings. The van der Waals surface area contributed by atoms with Crippen molar-refractivity contribution in [2.75, 3.05) is 31.1 Å². The number of halogens is 1. The van der Waals surface area contributed by atoms with E-state index in [4.69, 9.17) is 4.42 Å². The van der Waals surface area contributed by atoms with E-state index in [9.17, 15) is 24.1 Å². The Balaban J connectivity index is 1.33. The smallest absolute Gasteiger partial charge is 0.407 e. The van der Waals surface area contributed by atoms with E-state index in [0.717, 1.165) is 18.7 Å². The number of fused-ring (bicyclic) bond motifs is 1. The highest BCUT2D eigenvalue weighted by atomic mass is 19.1. The van der Waals surface area contributed by atoms with Gasteiger partial charge in [0.25, 0.3) is 5.69 Å². The number of hydrogen-bond donors (Lipinski definition) is 0. The Bertz CT molecular complexity index is 1190. The van der Waals surface area contributed by atoms with Crippen LogP contribution in [0.3, 0.4) is 0 Å². The molecule has 0 saturated carbocycles. The largest absolute Gasteiger partial charge is 0.419 e. The number of benzene rings is 2. The standard InChI is InChI=1S/C22H23FN4O5/c23-16-4-6-17(7-5-16)24-10-2-11-25(14-13-24)21(28)3-1-12-26-19-9-8-18(27(30)31)15-20(19)32-22(26)29/h4-9,15H,1-3,10-14H2. The molecule has 0 bridgehead atoms. The van der Waals surface area contributed by atoms with Crippen molar-refractivity contribution < 1.29 is 18.5 Å². The number of aryl methyl sites for hydroxylation is 1. The van der Waals surface area contributed by atoms with Gasteiger partial charge in [-0.3, -0.25) is 19.5 Å². The number of nitrogens with zero attached hydrogens (tertiary/aromatic N) is 4. The van der Waals surface area contributed by atoms with Crippen molar-refractivity contribution in [1.82, 2.24) is 9.47 Å². The summed E-state index contributed by atoms with van der Waals surface area (Å²) in [6.07, 6.45) is 1.54. The summed E-state index contributed by atoms with van der Waals surface area (Å²) in [7, 11) is 0. The molecule has 10 heteroatoms.